The molecular formula is C25H27ClF2N2O4. The average molecular weight is 493 g/mol. The largest absolute Gasteiger partial charge is 0.486 e. The van der Waals surface area contributed by atoms with Crippen LogP contribution in [-0.2, 0) is 17.7 Å². The summed E-state index contributed by atoms with van der Waals surface area (Å²) in [6, 6.07) is 9.47. The average Bonchev–Trinajstić information content (AvgIpc) is 2.78. The molecule has 0 bridgehead atoms. The quantitative estimate of drug-likeness (QED) is 0.583. The van der Waals surface area contributed by atoms with Crippen LogP contribution in [0.5, 0.6) is 5.75 Å². The van der Waals surface area contributed by atoms with Gasteiger partial charge in [0.05, 0.1) is 6.33 Å². The van der Waals surface area contributed by atoms with Gasteiger partial charge in [-0.2, -0.15) is 0 Å². The first-order valence-corrected chi connectivity index (χ1v) is 11.2. The van der Waals surface area contributed by atoms with Gasteiger partial charge in [-0.25, -0.2) is 13.6 Å². The molecule has 6 nitrogen and oxygen atoms in total. The molecule has 1 aliphatic rings. The van der Waals surface area contributed by atoms with Gasteiger partial charge >= 0.3 is 6.09 Å². The number of fused-ring (bicyclic) bond motifs is 1. The van der Waals surface area contributed by atoms with Crippen LogP contribution in [0.2, 0.25) is 5.02 Å². The van der Waals surface area contributed by atoms with Crippen LogP contribution in [0.3, 0.4) is 0 Å². The van der Waals surface area contributed by atoms with E-state index in [1.54, 1.807) is 25.7 Å². The lowest BCUT2D eigenvalue weighted by molar-refractivity contribution is 0.0531. The van der Waals surface area contributed by atoms with Crippen molar-refractivity contribution < 1.29 is 27.8 Å². The van der Waals surface area contributed by atoms with Crippen molar-refractivity contribution in [1.82, 2.24) is 10.2 Å². The second-order valence-corrected chi connectivity index (χ2v) is 9.32. The second kappa shape index (κ2) is 10.9. The molecule has 0 atom stereocenters. The summed E-state index contributed by atoms with van der Waals surface area (Å²) in [5.74, 6) is -1.18. The summed E-state index contributed by atoms with van der Waals surface area (Å²) in [6.45, 7) is 5.54. The highest BCUT2D eigenvalue weighted by molar-refractivity contribution is 6.31. The molecule has 0 saturated carbocycles. The molecule has 182 valence electrons. The van der Waals surface area contributed by atoms with Crippen LogP contribution in [0, 0.1) is 5.82 Å². The van der Waals surface area contributed by atoms with Gasteiger partial charge < -0.3 is 19.7 Å². The fraction of sp³-hybridized carbons (Fsp3) is 0.360. The van der Waals surface area contributed by atoms with Crippen molar-refractivity contribution in [3.8, 4) is 5.75 Å². The Morgan fingerprint density at radius 3 is 2.68 bits per heavy atom. The summed E-state index contributed by atoms with van der Waals surface area (Å²) in [5.41, 5.74) is 1.57. The third kappa shape index (κ3) is 6.70. The predicted octanol–water partition coefficient (Wildman–Crippen LogP) is 5.43. The number of carbonyl (C=O) groups excluding carboxylic acids is 2. The summed E-state index contributed by atoms with van der Waals surface area (Å²) < 4.78 is 38.2. The molecule has 1 N–H and O–H groups in total. The Bertz CT molecular complexity index is 1100. The minimum absolute atomic E-state index is 0.0797. The van der Waals surface area contributed by atoms with Gasteiger partial charge in [0, 0.05) is 35.8 Å². The Hall–Kier alpha value is -3.13. The molecule has 2 aromatic carbocycles. The van der Waals surface area contributed by atoms with Gasteiger partial charge in [-0.1, -0.05) is 23.7 Å². The van der Waals surface area contributed by atoms with E-state index in [9.17, 15) is 18.4 Å². The van der Waals surface area contributed by atoms with Crippen molar-refractivity contribution in [2.45, 2.75) is 39.3 Å². The zero-order valence-corrected chi connectivity index (χ0v) is 20.0. The molecule has 0 saturated heterocycles. The standard InChI is InChI=1S/C25H27ClF2N2O4/c1-25(2,3)34-24(32)29-13-16(12-27)15-33-22-8-7-17(11-21(22)28)23(31)30-10-9-19-18(14-30)5-4-6-20(19)26/h4-8,11-12H,9-10,13-15H2,1-3H3,(H,29,32)/b16-12-. The first kappa shape index (κ1) is 25.5. The van der Waals surface area contributed by atoms with Gasteiger partial charge in [0.25, 0.3) is 5.91 Å². The zero-order chi connectivity index (χ0) is 24.9. The minimum atomic E-state index is -0.746. The number of halogens is 3. The molecule has 0 fully saturated rings. The van der Waals surface area contributed by atoms with Crippen LogP contribution in [0.25, 0.3) is 0 Å². The summed E-state index contributed by atoms with van der Waals surface area (Å²) in [7, 11) is 0. The predicted molar refractivity (Wildman–Crippen MR) is 125 cm³/mol. The van der Waals surface area contributed by atoms with E-state index >= 15 is 0 Å². The lowest BCUT2D eigenvalue weighted by Crippen LogP contribution is -2.36. The van der Waals surface area contributed by atoms with Gasteiger partial charge in [-0.05, 0) is 62.6 Å². The third-order valence-corrected chi connectivity index (χ3v) is 5.45. The summed E-state index contributed by atoms with van der Waals surface area (Å²) in [4.78, 5) is 26.2. The van der Waals surface area contributed by atoms with E-state index in [0.29, 0.717) is 24.5 Å². The number of benzene rings is 2. The molecule has 0 aromatic heterocycles. The summed E-state index contributed by atoms with van der Waals surface area (Å²) in [5, 5.41) is 3.09. The highest BCUT2D eigenvalue weighted by Gasteiger charge is 2.24. The molecule has 3 rings (SSSR count). The molecule has 34 heavy (non-hydrogen) atoms. The maximum atomic E-state index is 14.6. The fourth-order valence-corrected chi connectivity index (χ4v) is 3.75. The Labute approximate surface area is 202 Å². The maximum absolute atomic E-state index is 14.6. The number of ether oxygens (including phenoxy) is 2. The maximum Gasteiger partial charge on any atom is 0.407 e. The van der Waals surface area contributed by atoms with Gasteiger partial charge in [0.2, 0.25) is 0 Å². The SMILES string of the molecule is CC(C)(C)OC(=O)NC/C(=C/F)COc1ccc(C(=O)N2CCc3c(Cl)cccc3C2)cc1F. The molecule has 0 aliphatic carbocycles. The number of amides is 2. The topological polar surface area (TPSA) is 67.9 Å². The zero-order valence-electron chi connectivity index (χ0n) is 19.3. The Kier molecular flexibility index (Phi) is 8.15. The van der Waals surface area contributed by atoms with Crippen molar-refractivity contribution in [2.75, 3.05) is 19.7 Å². The molecule has 0 radical (unpaired) electrons. The fourth-order valence-electron chi connectivity index (χ4n) is 3.46. The van der Waals surface area contributed by atoms with Crippen LogP contribution in [-0.4, -0.2) is 42.2 Å². The first-order valence-electron chi connectivity index (χ1n) is 10.8. The number of rotatable bonds is 6. The molecule has 0 spiro atoms. The van der Waals surface area contributed by atoms with E-state index in [-0.39, 0.29) is 42.3 Å². The Morgan fingerprint density at radius 2 is 2.00 bits per heavy atom. The molecule has 9 heteroatoms. The van der Waals surface area contributed by atoms with E-state index < -0.39 is 17.5 Å². The van der Waals surface area contributed by atoms with Crippen molar-refractivity contribution in [3.63, 3.8) is 0 Å². The molecule has 1 aliphatic heterocycles. The van der Waals surface area contributed by atoms with Gasteiger partial charge in [0.1, 0.15) is 12.2 Å². The molecular weight excluding hydrogens is 466 g/mol. The highest BCUT2D eigenvalue weighted by Crippen LogP contribution is 2.27. The summed E-state index contributed by atoms with van der Waals surface area (Å²) >= 11 is 6.23. The third-order valence-electron chi connectivity index (χ3n) is 5.10. The summed E-state index contributed by atoms with van der Waals surface area (Å²) in [6.07, 6.45) is 0.205. The van der Waals surface area contributed by atoms with Crippen LogP contribution in [0.4, 0.5) is 13.6 Å². The van der Waals surface area contributed by atoms with Crippen molar-refractivity contribution in [2.24, 2.45) is 0 Å². The van der Waals surface area contributed by atoms with Crippen molar-refractivity contribution in [3.05, 3.63) is 75.8 Å². The van der Waals surface area contributed by atoms with Crippen molar-refractivity contribution >= 4 is 23.6 Å². The van der Waals surface area contributed by atoms with E-state index in [1.165, 1.54) is 12.1 Å². The number of hydrogen-bond acceptors (Lipinski definition) is 4. The Balaban J connectivity index is 1.57. The van der Waals surface area contributed by atoms with E-state index in [0.717, 1.165) is 17.2 Å². The van der Waals surface area contributed by atoms with Crippen molar-refractivity contribution in [1.29, 1.82) is 0 Å². The number of nitrogens with one attached hydrogen (secondary N) is 1. The number of nitrogens with zero attached hydrogens (tertiary/aromatic N) is 1. The molecule has 1 heterocycles. The van der Waals surface area contributed by atoms with Gasteiger partial charge in [-0.3, -0.25) is 4.79 Å². The first-order chi connectivity index (χ1) is 16.1. The normalized spacial score (nSPS) is 13.8. The molecule has 2 aromatic rings. The monoisotopic (exact) mass is 492 g/mol. The van der Waals surface area contributed by atoms with Crippen LogP contribution >= 0.6 is 11.6 Å². The smallest absolute Gasteiger partial charge is 0.407 e. The van der Waals surface area contributed by atoms with Crippen LogP contribution in [0.1, 0.15) is 42.3 Å². The van der Waals surface area contributed by atoms with Gasteiger partial charge in [0.15, 0.2) is 11.6 Å². The lowest BCUT2D eigenvalue weighted by Gasteiger charge is -2.29. The van der Waals surface area contributed by atoms with Crippen LogP contribution in [0.15, 0.2) is 48.3 Å². The van der Waals surface area contributed by atoms with E-state index in [4.69, 9.17) is 21.1 Å². The van der Waals surface area contributed by atoms with Crippen LogP contribution < -0.4 is 10.1 Å². The molecule has 2 amide bonds. The van der Waals surface area contributed by atoms with E-state index in [2.05, 4.69) is 5.32 Å². The van der Waals surface area contributed by atoms with Gasteiger partial charge in [-0.15, -0.1) is 0 Å². The highest BCUT2D eigenvalue weighted by atomic mass is 35.5. The second-order valence-electron chi connectivity index (χ2n) is 8.91. The molecule has 0 unspecified atom stereocenters. The Morgan fingerprint density at radius 1 is 1.24 bits per heavy atom. The number of alkyl carbamates (subject to hydrolysis) is 1. The number of hydrogen-bond donors (Lipinski definition) is 1. The number of carbonyl (C=O) groups is 2. The minimum Gasteiger partial charge on any atom is -0.486 e. The lowest BCUT2D eigenvalue weighted by atomic mass is 9.99. The van der Waals surface area contributed by atoms with E-state index in [1.807, 2.05) is 18.2 Å².